The molecule has 0 N–H and O–H groups in total. The van der Waals surface area contributed by atoms with Crippen molar-refractivity contribution in [1.82, 2.24) is 4.90 Å². The second-order valence-corrected chi connectivity index (χ2v) is 8.96. The zero-order valence-electron chi connectivity index (χ0n) is 13.9. The first-order valence-corrected chi connectivity index (χ1v) is 10.2. The Morgan fingerprint density at radius 3 is 2.12 bits per heavy atom. The van der Waals surface area contributed by atoms with Crippen molar-refractivity contribution in [3.05, 3.63) is 59.7 Å². The minimum atomic E-state index is -3.14. The monoisotopic (exact) mass is 357 g/mol. The summed E-state index contributed by atoms with van der Waals surface area (Å²) in [7, 11) is -3.14. The quantitative estimate of drug-likeness (QED) is 0.829. The van der Waals surface area contributed by atoms with Gasteiger partial charge in [-0.3, -0.25) is 4.79 Å². The van der Waals surface area contributed by atoms with E-state index in [0.29, 0.717) is 24.5 Å². The molecule has 5 nitrogen and oxygen atoms in total. The van der Waals surface area contributed by atoms with Crippen LogP contribution in [-0.2, 0) is 14.6 Å². The van der Waals surface area contributed by atoms with E-state index < -0.39 is 21.0 Å². The lowest BCUT2D eigenvalue weighted by atomic mass is 9.87. The van der Waals surface area contributed by atoms with Crippen LogP contribution in [0.3, 0.4) is 0 Å². The fourth-order valence-corrected chi connectivity index (χ4v) is 4.62. The summed E-state index contributed by atoms with van der Waals surface area (Å²) in [5, 5.41) is -0.471. The summed E-state index contributed by atoms with van der Waals surface area (Å²) in [5.41, 5.74) is 1.66. The first kappa shape index (κ1) is 16.1. The third-order valence-electron chi connectivity index (χ3n) is 4.99. The van der Waals surface area contributed by atoms with Gasteiger partial charge in [0.05, 0.1) is 11.2 Å². The Balaban J connectivity index is 1.72. The maximum absolute atomic E-state index is 13.3. The predicted octanol–water partition coefficient (Wildman–Crippen LogP) is 2.57. The largest absolute Gasteiger partial charge is 0.457 e. The molecule has 6 heteroatoms. The Labute approximate surface area is 147 Å². The van der Waals surface area contributed by atoms with E-state index in [0.717, 1.165) is 11.1 Å². The van der Waals surface area contributed by atoms with Crippen LogP contribution in [0.25, 0.3) is 0 Å². The normalized spacial score (nSPS) is 19.9. The van der Waals surface area contributed by atoms with Gasteiger partial charge in [-0.05, 0) is 18.6 Å². The molecule has 0 spiro atoms. The molecule has 4 rings (SSSR count). The lowest BCUT2D eigenvalue weighted by Gasteiger charge is -2.30. The molecule has 25 heavy (non-hydrogen) atoms. The average Bonchev–Trinajstić information content (AvgIpc) is 3.09. The molecular formula is C19H19NO4S. The second-order valence-electron chi connectivity index (χ2n) is 6.64. The molecule has 2 aromatic carbocycles. The van der Waals surface area contributed by atoms with Gasteiger partial charge >= 0.3 is 0 Å². The zero-order chi connectivity index (χ0) is 17.6. The molecule has 0 radical (unpaired) electrons. The fourth-order valence-electron chi connectivity index (χ4n) is 3.64. The third-order valence-corrected chi connectivity index (χ3v) is 6.58. The number of likely N-dealkylation sites (tertiary alicyclic amines) is 1. The van der Waals surface area contributed by atoms with Gasteiger partial charge in [-0.1, -0.05) is 36.4 Å². The number of sulfone groups is 1. The summed E-state index contributed by atoms with van der Waals surface area (Å²) in [6.45, 7) is 0.734. The third kappa shape index (κ3) is 2.80. The van der Waals surface area contributed by atoms with Crippen LogP contribution in [0.15, 0.2) is 48.5 Å². The number of amides is 1. The van der Waals surface area contributed by atoms with E-state index in [1.807, 2.05) is 48.5 Å². The smallest absolute Gasteiger partial charge is 0.234 e. The van der Waals surface area contributed by atoms with E-state index >= 15 is 0 Å². The zero-order valence-corrected chi connectivity index (χ0v) is 14.7. The van der Waals surface area contributed by atoms with Crippen LogP contribution in [-0.4, -0.2) is 43.8 Å². The van der Waals surface area contributed by atoms with Crippen LogP contribution < -0.4 is 4.74 Å². The van der Waals surface area contributed by atoms with Gasteiger partial charge in [0.1, 0.15) is 11.5 Å². The molecule has 1 fully saturated rings. The summed E-state index contributed by atoms with van der Waals surface area (Å²) >= 11 is 0. The standard InChI is InChI=1S/C19H19NO4S/c1-25(22,23)13-10-11-20(12-13)19(21)18-14-6-2-4-8-16(14)24-17-9-5-3-7-15(17)18/h2-9,13,18H,10-12H2,1H3. The van der Waals surface area contributed by atoms with Crippen molar-refractivity contribution in [2.24, 2.45) is 0 Å². The molecule has 0 saturated carbocycles. The molecule has 130 valence electrons. The van der Waals surface area contributed by atoms with Gasteiger partial charge in [0.15, 0.2) is 9.84 Å². The number of benzene rings is 2. The highest BCUT2D eigenvalue weighted by molar-refractivity contribution is 7.91. The summed E-state index contributed by atoms with van der Waals surface area (Å²) in [6.07, 6.45) is 1.74. The van der Waals surface area contributed by atoms with Gasteiger partial charge in [0.25, 0.3) is 0 Å². The van der Waals surface area contributed by atoms with E-state index in [-0.39, 0.29) is 12.5 Å². The van der Waals surface area contributed by atoms with E-state index in [9.17, 15) is 13.2 Å². The first-order chi connectivity index (χ1) is 11.9. The maximum atomic E-state index is 13.3. The summed E-state index contributed by atoms with van der Waals surface area (Å²) in [4.78, 5) is 14.9. The van der Waals surface area contributed by atoms with Crippen LogP contribution in [0.2, 0.25) is 0 Å². The van der Waals surface area contributed by atoms with E-state index in [2.05, 4.69) is 0 Å². The highest BCUT2D eigenvalue weighted by Gasteiger charge is 2.39. The number of hydrogen-bond donors (Lipinski definition) is 0. The Kier molecular flexibility index (Phi) is 3.80. The van der Waals surface area contributed by atoms with Gasteiger partial charge in [0.2, 0.25) is 5.91 Å². The second kappa shape index (κ2) is 5.88. The van der Waals surface area contributed by atoms with Crippen molar-refractivity contribution in [1.29, 1.82) is 0 Å². The molecule has 0 bridgehead atoms. The molecule has 2 aliphatic heterocycles. The van der Waals surface area contributed by atoms with Crippen molar-refractivity contribution in [2.45, 2.75) is 17.6 Å². The van der Waals surface area contributed by atoms with Gasteiger partial charge in [-0.15, -0.1) is 0 Å². The van der Waals surface area contributed by atoms with E-state index in [1.165, 1.54) is 6.26 Å². The molecule has 1 saturated heterocycles. The van der Waals surface area contributed by atoms with Crippen LogP contribution in [0.4, 0.5) is 0 Å². The molecule has 0 aliphatic carbocycles. The van der Waals surface area contributed by atoms with Gasteiger partial charge in [-0.25, -0.2) is 8.42 Å². The number of carbonyl (C=O) groups excluding carboxylic acids is 1. The number of fused-ring (bicyclic) bond motifs is 2. The minimum absolute atomic E-state index is 0.0608. The number of ether oxygens (including phenoxy) is 1. The van der Waals surface area contributed by atoms with E-state index in [4.69, 9.17) is 4.74 Å². The van der Waals surface area contributed by atoms with E-state index in [1.54, 1.807) is 4.90 Å². The highest BCUT2D eigenvalue weighted by atomic mass is 32.2. The van der Waals surface area contributed by atoms with Crippen molar-refractivity contribution in [2.75, 3.05) is 19.3 Å². The summed E-state index contributed by atoms with van der Waals surface area (Å²) in [6, 6.07) is 15.0. The fraction of sp³-hybridized carbons (Fsp3) is 0.316. The Morgan fingerprint density at radius 1 is 1.04 bits per heavy atom. The molecule has 1 amide bonds. The van der Waals surface area contributed by atoms with Crippen LogP contribution in [0.5, 0.6) is 11.5 Å². The van der Waals surface area contributed by atoms with Crippen molar-refractivity contribution in [3.8, 4) is 11.5 Å². The maximum Gasteiger partial charge on any atom is 0.234 e. The number of hydrogen-bond acceptors (Lipinski definition) is 4. The first-order valence-electron chi connectivity index (χ1n) is 8.28. The number of nitrogens with zero attached hydrogens (tertiary/aromatic N) is 1. The molecule has 2 aliphatic rings. The highest BCUT2D eigenvalue weighted by Crippen LogP contribution is 2.45. The predicted molar refractivity (Wildman–Crippen MR) is 94.6 cm³/mol. The number of para-hydroxylation sites is 2. The molecule has 1 atom stereocenters. The summed E-state index contributed by atoms with van der Waals surface area (Å²) in [5.74, 6) is 0.839. The number of rotatable bonds is 2. The topological polar surface area (TPSA) is 63.7 Å². The molecule has 2 aromatic rings. The molecule has 0 aromatic heterocycles. The molecule has 2 heterocycles. The Morgan fingerprint density at radius 2 is 1.60 bits per heavy atom. The lowest BCUT2D eigenvalue weighted by molar-refractivity contribution is -0.130. The van der Waals surface area contributed by atoms with Gasteiger partial charge in [-0.2, -0.15) is 0 Å². The summed E-state index contributed by atoms with van der Waals surface area (Å²) < 4.78 is 29.6. The Bertz CT molecular complexity index is 892. The SMILES string of the molecule is CS(=O)(=O)C1CCN(C(=O)C2c3ccccc3Oc3ccccc32)C1. The Hall–Kier alpha value is -2.34. The van der Waals surface area contributed by atoms with Crippen LogP contribution in [0.1, 0.15) is 23.5 Å². The van der Waals surface area contributed by atoms with Gasteiger partial charge < -0.3 is 9.64 Å². The van der Waals surface area contributed by atoms with Crippen molar-refractivity contribution >= 4 is 15.7 Å². The lowest BCUT2D eigenvalue weighted by Crippen LogP contribution is -2.36. The van der Waals surface area contributed by atoms with Crippen molar-refractivity contribution in [3.63, 3.8) is 0 Å². The van der Waals surface area contributed by atoms with Crippen molar-refractivity contribution < 1.29 is 17.9 Å². The number of carbonyl (C=O) groups is 1. The molecule has 1 unspecified atom stereocenters. The van der Waals surface area contributed by atoms with Crippen LogP contribution in [0, 0.1) is 0 Å². The average molecular weight is 357 g/mol. The minimum Gasteiger partial charge on any atom is -0.457 e. The van der Waals surface area contributed by atoms with Gasteiger partial charge in [0, 0.05) is 30.5 Å². The van der Waals surface area contributed by atoms with Crippen LogP contribution >= 0.6 is 0 Å². The molecular weight excluding hydrogens is 338 g/mol.